The second-order valence-electron chi connectivity index (χ2n) is 2.89. The topological polar surface area (TPSA) is 80.6 Å². The maximum absolute atomic E-state index is 10.8. The molecule has 0 spiro atoms. The van der Waals surface area contributed by atoms with Crippen LogP contribution in [-0.4, -0.2) is 20.5 Å². The first-order chi connectivity index (χ1) is 6.72. The maximum atomic E-state index is 10.8. The van der Waals surface area contributed by atoms with Crippen molar-refractivity contribution in [2.45, 2.75) is 6.54 Å². The summed E-state index contributed by atoms with van der Waals surface area (Å²) in [6.07, 6.45) is 3.47. The Kier molecular flexibility index (Phi) is 1.94. The van der Waals surface area contributed by atoms with E-state index in [1.54, 1.807) is 22.9 Å². The third-order valence-corrected chi connectivity index (χ3v) is 1.97. The molecule has 0 saturated heterocycles. The second-order valence-corrected chi connectivity index (χ2v) is 2.89. The lowest BCUT2D eigenvalue weighted by atomic mass is 10.3. The van der Waals surface area contributed by atoms with Crippen LogP contribution in [0, 0.1) is 0 Å². The van der Waals surface area contributed by atoms with E-state index >= 15 is 0 Å². The molecule has 2 aromatic heterocycles. The number of fused-ring (bicyclic) bond motifs is 1. The van der Waals surface area contributed by atoms with Gasteiger partial charge in [0.25, 0.3) is 0 Å². The molecule has 0 unspecified atom stereocenters. The molecule has 0 fully saturated rings. The van der Waals surface area contributed by atoms with E-state index in [2.05, 4.69) is 4.98 Å². The molecule has 0 aliphatic rings. The molecular weight excluding hydrogens is 182 g/mol. The van der Waals surface area contributed by atoms with E-state index in [1.807, 2.05) is 0 Å². The van der Waals surface area contributed by atoms with Crippen molar-refractivity contribution in [1.29, 1.82) is 0 Å². The van der Waals surface area contributed by atoms with Crippen LogP contribution in [0.3, 0.4) is 0 Å². The lowest BCUT2D eigenvalue weighted by Gasteiger charge is -1.96. The van der Waals surface area contributed by atoms with Crippen LogP contribution in [-0.2, 0) is 6.54 Å². The van der Waals surface area contributed by atoms with Crippen LogP contribution < -0.4 is 5.73 Å². The highest BCUT2D eigenvalue weighted by Gasteiger charge is 2.10. The Hall–Kier alpha value is -1.88. The Morgan fingerprint density at radius 3 is 3.07 bits per heavy atom. The van der Waals surface area contributed by atoms with Gasteiger partial charge in [0.15, 0.2) is 5.65 Å². The Labute approximate surface area is 79.8 Å². The molecule has 0 aromatic carbocycles. The van der Waals surface area contributed by atoms with Crippen LogP contribution in [0.2, 0.25) is 0 Å². The van der Waals surface area contributed by atoms with Gasteiger partial charge in [-0.3, -0.25) is 0 Å². The third kappa shape index (κ3) is 1.23. The molecule has 0 bridgehead atoms. The van der Waals surface area contributed by atoms with E-state index in [9.17, 15) is 4.79 Å². The molecule has 5 nitrogen and oxygen atoms in total. The molecule has 0 atom stereocenters. The average molecular weight is 191 g/mol. The van der Waals surface area contributed by atoms with E-state index in [1.165, 1.54) is 6.07 Å². The maximum Gasteiger partial charge on any atom is 0.339 e. The normalized spacial score (nSPS) is 10.6. The molecular formula is C9H9N3O2. The number of nitrogens with zero attached hydrogens (tertiary/aromatic N) is 2. The molecule has 5 heteroatoms. The number of pyridine rings is 1. The van der Waals surface area contributed by atoms with Crippen molar-refractivity contribution in [1.82, 2.24) is 9.38 Å². The Morgan fingerprint density at radius 2 is 2.43 bits per heavy atom. The minimum absolute atomic E-state index is 0.187. The summed E-state index contributed by atoms with van der Waals surface area (Å²) >= 11 is 0. The summed E-state index contributed by atoms with van der Waals surface area (Å²) in [5.41, 5.74) is 6.71. The van der Waals surface area contributed by atoms with Crippen LogP contribution in [0.15, 0.2) is 24.5 Å². The minimum atomic E-state index is -0.982. The Balaban J connectivity index is 2.73. The van der Waals surface area contributed by atoms with Gasteiger partial charge in [-0.05, 0) is 12.1 Å². The lowest BCUT2D eigenvalue weighted by molar-refractivity contribution is 0.0698. The predicted molar refractivity (Wildman–Crippen MR) is 50.0 cm³/mol. The summed E-state index contributed by atoms with van der Waals surface area (Å²) in [7, 11) is 0. The molecule has 14 heavy (non-hydrogen) atoms. The van der Waals surface area contributed by atoms with Gasteiger partial charge in [-0.2, -0.15) is 0 Å². The number of imidazole rings is 1. The van der Waals surface area contributed by atoms with Gasteiger partial charge in [-0.25, -0.2) is 9.78 Å². The Morgan fingerprint density at radius 1 is 1.64 bits per heavy atom. The van der Waals surface area contributed by atoms with Gasteiger partial charge in [0.1, 0.15) is 5.56 Å². The van der Waals surface area contributed by atoms with Gasteiger partial charge >= 0.3 is 5.97 Å². The monoisotopic (exact) mass is 191 g/mol. The molecule has 0 aliphatic carbocycles. The smallest absolute Gasteiger partial charge is 0.339 e. The van der Waals surface area contributed by atoms with Gasteiger partial charge in [0, 0.05) is 18.9 Å². The van der Waals surface area contributed by atoms with Crippen LogP contribution in [0.25, 0.3) is 5.65 Å². The van der Waals surface area contributed by atoms with E-state index in [4.69, 9.17) is 10.8 Å². The van der Waals surface area contributed by atoms with Gasteiger partial charge in [-0.1, -0.05) is 0 Å². The molecule has 0 amide bonds. The van der Waals surface area contributed by atoms with E-state index in [-0.39, 0.29) is 5.56 Å². The van der Waals surface area contributed by atoms with Crippen molar-refractivity contribution in [3.05, 3.63) is 35.8 Å². The number of rotatable bonds is 2. The highest BCUT2D eigenvalue weighted by atomic mass is 16.4. The molecule has 0 aliphatic heterocycles. The first-order valence-electron chi connectivity index (χ1n) is 4.12. The average Bonchev–Trinajstić information content (AvgIpc) is 2.59. The van der Waals surface area contributed by atoms with Gasteiger partial charge in [-0.15, -0.1) is 0 Å². The number of aromatic nitrogens is 2. The molecule has 0 radical (unpaired) electrons. The van der Waals surface area contributed by atoms with Crippen LogP contribution in [0.5, 0.6) is 0 Å². The minimum Gasteiger partial charge on any atom is -0.478 e. The summed E-state index contributed by atoms with van der Waals surface area (Å²) in [5.74, 6) is -0.982. The van der Waals surface area contributed by atoms with Crippen LogP contribution in [0.4, 0.5) is 0 Å². The predicted octanol–water partition coefficient (Wildman–Crippen LogP) is 0.491. The molecule has 2 aromatic rings. The Bertz CT molecular complexity index is 490. The largest absolute Gasteiger partial charge is 0.478 e. The van der Waals surface area contributed by atoms with Crippen molar-refractivity contribution >= 4 is 11.6 Å². The number of nitrogens with two attached hydrogens (primary N) is 1. The SMILES string of the molecule is NCc1cn2cccc(C(=O)O)c2n1. The standard InChI is InChI=1S/C9H9N3O2/c10-4-6-5-12-3-1-2-7(9(13)14)8(12)11-6/h1-3,5H,4,10H2,(H,13,14). The first-order valence-corrected chi connectivity index (χ1v) is 4.12. The number of aromatic carboxylic acids is 1. The molecule has 2 rings (SSSR count). The lowest BCUT2D eigenvalue weighted by Crippen LogP contribution is -2.00. The van der Waals surface area contributed by atoms with Crippen molar-refractivity contribution < 1.29 is 9.90 Å². The summed E-state index contributed by atoms with van der Waals surface area (Å²) in [5, 5.41) is 8.88. The fraction of sp³-hybridized carbons (Fsp3) is 0.111. The highest BCUT2D eigenvalue weighted by molar-refractivity contribution is 5.94. The molecule has 0 saturated carbocycles. The zero-order valence-corrected chi connectivity index (χ0v) is 7.34. The van der Waals surface area contributed by atoms with E-state index in [0.29, 0.717) is 17.9 Å². The van der Waals surface area contributed by atoms with E-state index in [0.717, 1.165) is 0 Å². The molecule has 3 N–H and O–H groups in total. The molecule has 72 valence electrons. The zero-order valence-electron chi connectivity index (χ0n) is 7.34. The van der Waals surface area contributed by atoms with Crippen molar-refractivity contribution in [2.24, 2.45) is 5.73 Å². The highest BCUT2D eigenvalue weighted by Crippen LogP contribution is 2.10. The van der Waals surface area contributed by atoms with E-state index < -0.39 is 5.97 Å². The first kappa shape index (κ1) is 8.71. The zero-order chi connectivity index (χ0) is 10.1. The second kappa shape index (κ2) is 3.12. The van der Waals surface area contributed by atoms with Crippen LogP contribution in [0.1, 0.15) is 16.1 Å². The van der Waals surface area contributed by atoms with Crippen molar-refractivity contribution in [2.75, 3.05) is 0 Å². The fourth-order valence-corrected chi connectivity index (χ4v) is 1.33. The van der Waals surface area contributed by atoms with Crippen LogP contribution >= 0.6 is 0 Å². The van der Waals surface area contributed by atoms with Crippen molar-refractivity contribution in [3.8, 4) is 0 Å². The van der Waals surface area contributed by atoms with Gasteiger partial charge in [0.05, 0.1) is 5.69 Å². The third-order valence-electron chi connectivity index (χ3n) is 1.97. The number of carboxylic acids is 1. The summed E-state index contributed by atoms with van der Waals surface area (Å²) < 4.78 is 1.66. The summed E-state index contributed by atoms with van der Waals surface area (Å²) in [6.45, 7) is 0.306. The number of carboxylic acid groups (broad SMARTS) is 1. The number of carbonyl (C=O) groups is 1. The number of hydrogen-bond donors (Lipinski definition) is 2. The van der Waals surface area contributed by atoms with Gasteiger partial charge in [0.2, 0.25) is 0 Å². The summed E-state index contributed by atoms with van der Waals surface area (Å²) in [4.78, 5) is 14.9. The van der Waals surface area contributed by atoms with Crippen molar-refractivity contribution in [3.63, 3.8) is 0 Å². The number of hydrogen-bond acceptors (Lipinski definition) is 3. The fourth-order valence-electron chi connectivity index (χ4n) is 1.33. The van der Waals surface area contributed by atoms with Gasteiger partial charge < -0.3 is 15.2 Å². The molecule has 2 heterocycles. The quantitative estimate of drug-likeness (QED) is 0.723. The summed E-state index contributed by atoms with van der Waals surface area (Å²) in [6, 6.07) is 3.18.